The van der Waals surface area contributed by atoms with Crippen LogP contribution in [-0.2, 0) is 9.59 Å². The number of hydrogen-bond acceptors (Lipinski definition) is 5. The number of carbonyl (C=O) groups is 3. The van der Waals surface area contributed by atoms with Crippen molar-refractivity contribution in [2.75, 3.05) is 0 Å². The summed E-state index contributed by atoms with van der Waals surface area (Å²) in [5.74, 6) is 1.70. The molecule has 2 aromatic rings. The highest BCUT2D eigenvalue weighted by atomic mass is 16.5. The van der Waals surface area contributed by atoms with Crippen LogP contribution >= 0.6 is 0 Å². The molecule has 7 nitrogen and oxygen atoms in total. The van der Waals surface area contributed by atoms with E-state index in [1.54, 1.807) is 41.9 Å². The number of ketones is 1. The second-order valence-electron chi connectivity index (χ2n) is 9.78. The maximum atomic E-state index is 14.3. The number of amides is 2. The molecule has 188 valence electrons. The van der Waals surface area contributed by atoms with Gasteiger partial charge in [-0.3, -0.25) is 25.0 Å². The van der Waals surface area contributed by atoms with Crippen LogP contribution in [0, 0.1) is 29.1 Å². The van der Waals surface area contributed by atoms with Gasteiger partial charge in [-0.05, 0) is 30.2 Å². The van der Waals surface area contributed by atoms with Crippen LogP contribution in [0.3, 0.4) is 0 Å². The maximum absolute atomic E-state index is 14.3. The highest BCUT2D eigenvalue weighted by Gasteiger charge is 2.52. The summed E-state index contributed by atoms with van der Waals surface area (Å²) in [4.78, 5) is 40.7. The first-order valence-electron chi connectivity index (χ1n) is 11.9. The minimum absolute atomic E-state index is 0.0160. The van der Waals surface area contributed by atoms with Gasteiger partial charge in [-0.1, -0.05) is 101 Å². The van der Waals surface area contributed by atoms with Gasteiger partial charge >= 0.3 is 0 Å². The first-order valence-corrected chi connectivity index (χ1v) is 11.9. The van der Waals surface area contributed by atoms with Crippen molar-refractivity contribution in [3.63, 3.8) is 0 Å². The predicted octanol–water partition coefficient (Wildman–Crippen LogP) is 4.39. The molecule has 0 heterocycles. The monoisotopic (exact) mass is 479 g/mol. The number of hydrogen-bond donors (Lipinski definition) is 4. The van der Waals surface area contributed by atoms with Gasteiger partial charge in [0, 0.05) is 5.56 Å². The Morgan fingerprint density at radius 2 is 1.49 bits per heavy atom. The molecule has 5 N–H and O–H groups in total. The van der Waals surface area contributed by atoms with Crippen LogP contribution in [0.4, 0.5) is 0 Å². The van der Waals surface area contributed by atoms with E-state index in [1.165, 1.54) is 0 Å². The van der Waals surface area contributed by atoms with E-state index in [-0.39, 0.29) is 24.0 Å². The molecular formula is C28H37N3O4. The van der Waals surface area contributed by atoms with Gasteiger partial charge in [0.25, 0.3) is 0 Å². The smallest absolute Gasteiger partial charge is 0.248 e. The molecule has 7 heteroatoms. The molecule has 0 radical (unpaired) electrons. The largest absolute Gasteiger partial charge is 0.294 e. The lowest BCUT2D eigenvalue weighted by Crippen LogP contribution is -2.53. The van der Waals surface area contributed by atoms with Gasteiger partial charge in [0.2, 0.25) is 11.8 Å². The Balaban J connectivity index is 2.88. The Morgan fingerprint density at radius 1 is 0.914 bits per heavy atom. The number of carbonyl (C=O) groups excluding carboxylic acids is 3. The van der Waals surface area contributed by atoms with E-state index in [1.807, 2.05) is 64.1 Å². The molecule has 0 fully saturated rings. The molecule has 0 aliphatic heterocycles. The van der Waals surface area contributed by atoms with Gasteiger partial charge in [0.15, 0.2) is 5.78 Å². The minimum atomic E-state index is -1.44. The van der Waals surface area contributed by atoms with Crippen LogP contribution < -0.4 is 16.7 Å². The van der Waals surface area contributed by atoms with E-state index < -0.39 is 29.1 Å². The molecule has 0 bridgehead atoms. The molecule has 0 aromatic heterocycles. The highest BCUT2D eigenvalue weighted by molar-refractivity contribution is 6.06. The predicted molar refractivity (Wildman–Crippen MR) is 137 cm³/mol. The normalized spacial score (nSPS) is 15.0. The van der Waals surface area contributed by atoms with Crippen LogP contribution in [0.1, 0.15) is 56.5 Å². The molecule has 0 aliphatic rings. The number of rotatable bonds is 12. The first kappa shape index (κ1) is 28.0. The van der Waals surface area contributed by atoms with Gasteiger partial charge in [-0.25, -0.2) is 11.3 Å². The number of hydroxylamine groups is 1. The van der Waals surface area contributed by atoms with Gasteiger partial charge in [-0.15, -0.1) is 0 Å². The summed E-state index contributed by atoms with van der Waals surface area (Å²) >= 11 is 0. The van der Waals surface area contributed by atoms with E-state index in [0.717, 1.165) is 5.56 Å². The number of hydrazine groups is 1. The highest BCUT2D eigenvalue weighted by Crippen LogP contribution is 2.46. The van der Waals surface area contributed by atoms with Crippen molar-refractivity contribution in [2.24, 2.45) is 34.9 Å². The van der Waals surface area contributed by atoms with Crippen LogP contribution in [0.5, 0.6) is 0 Å². The van der Waals surface area contributed by atoms with Crippen molar-refractivity contribution in [3.05, 3.63) is 77.9 Å². The number of Topliss-reactive ketones (excluding diaryl/α,β-unsaturated/α-hetero) is 1. The Labute approximate surface area is 207 Å². The summed E-state index contributed by atoms with van der Waals surface area (Å²) in [5.41, 5.74) is 3.72. The van der Waals surface area contributed by atoms with E-state index in [9.17, 15) is 19.6 Å². The molecular weight excluding hydrogens is 442 g/mol. The average molecular weight is 480 g/mol. The summed E-state index contributed by atoms with van der Waals surface area (Å²) in [5, 5.41) is 9.78. The number of allylic oxidation sites excluding steroid dienone is 1. The average Bonchev–Trinajstić information content (AvgIpc) is 2.86. The summed E-state index contributed by atoms with van der Waals surface area (Å²) in [7, 11) is 0. The second-order valence-corrected chi connectivity index (χ2v) is 9.78. The lowest BCUT2D eigenvalue weighted by molar-refractivity contribution is -0.144. The first-order chi connectivity index (χ1) is 16.7. The molecule has 0 saturated carbocycles. The second kappa shape index (κ2) is 13.0. The Morgan fingerprint density at radius 3 is 1.97 bits per heavy atom. The number of nitrogens with one attached hydrogen (secondary N) is 2. The summed E-state index contributed by atoms with van der Waals surface area (Å²) in [6, 6.07) is 18.1. The molecule has 0 saturated heterocycles. The molecule has 3 atom stereocenters. The van der Waals surface area contributed by atoms with Crippen molar-refractivity contribution in [1.29, 1.82) is 0 Å². The van der Waals surface area contributed by atoms with Crippen molar-refractivity contribution in [1.82, 2.24) is 10.9 Å². The Bertz CT molecular complexity index is 1010. The summed E-state index contributed by atoms with van der Waals surface area (Å²) in [6.45, 7) is 7.76. The SMILES string of the molecule is CC(C)C[C@@H](C(=O)NN)[C@H](C(=O)NO)C(/C=C/c1ccccc1)(CC(C)C)C(=O)c1ccccc1. The number of benzene rings is 2. The van der Waals surface area contributed by atoms with E-state index in [0.29, 0.717) is 12.0 Å². The van der Waals surface area contributed by atoms with Gasteiger partial charge in [0.05, 0.1) is 17.3 Å². The fourth-order valence-electron chi connectivity index (χ4n) is 4.81. The van der Waals surface area contributed by atoms with Crippen LogP contribution in [-0.4, -0.2) is 22.8 Å². The topological polar surface area (TPSA) is 122 Å². The fourth-order valence-corrected chi connectivity index (χ4v) is 4.81. The van der Waals surface area contributed by atoms with E-state index in [2.05, 4.69) is 5.43 Å². The van der Waals surface area contributed by atoms with Gasteiger partial charge < -0.3 is 0 Å². The zero-order chi connectivity index (χ0) is 26.0. The van der Waals surface area contributed by atoms with Crippen molar-refractivity contribution in [2.45, 2.75) is 40.5 Å². The van der Waals surface area contributed by atoms with Gasteiger partial charge in [-0.2, -0.15) is 0 Å². The molecule has 2 rings (SSSR count). The third-order valence-corrected chi connectivity index (χ3v) is 6.13. The quantitative estimate of drug-likeness (QED) is 0.118. The Hall–Kier alpha value is -3.29. The zero-order valence-electron chi connectivity index (χ0n) is 20.9. The third kappa shape index (κ3) is 7.10. The Kier molecular flexibility index (Phi) is 10.4. The molecule has 35 heavy (non-hydrogen) atoms. The van der Waals surface area contributed by atoms with Crippen LogP contribution in [0.15, 0.2) is 66.7 Å². The fraction of sp³-hybridized carbons (Fsp3) is 0.393. The molecule has 2 amide bonds. The lowest BCUT2D eigenvalue weighted by Gasteiger charge is -2.41. The molecule has 1 unspecified atom stereocenters. The minimum Gasteiger partial charge on any atom is -0.294 e. The molecule has 0 aliphatic carbocycles. The van der Waals surface area contributed by atoms with E-state index >= 15 is 0 Å². The molecule has 0 spiro atoms. The standard InChI is InChI=1S/C28H37N3O4/c1-19(2)17-23(26(33)30-29)24(27(34)31-35)28(18-20(3)4,16-15-21-11-7-5-8-12-21)25(32)22-13-9-6-10-14-22/h5-16,19-20,23-24,35H,17-18,29H2,1-4H3,(H,30,33)(H,31,34)/b16-15+/t23-,24-,28?/m1/s1. The van der Waals surface area contributed by atoms with Gasteiger partial charge in [0.1, 0.15) is 0 Å². The van der Waals surface area contributed by atoms with Crippen molar-refractivity contribution in [3.8, 4) is 0 Å². The van der Waals surface area contributed by atoms with Crippen molar-refractivity contribution >= 4 is 23.7 Å². The summed E-state index contributed by atoms with van der Waals surface area (Å²) < 4.78 is 0. The lowest BCUT2D eigenvalue weighted by atomic mass is 9.60. The third-order valence-electron chi connectivity index (χ3n) is 6.13. The van der Waals surface area contributed by atoms with E-state index in [4.69, 9.17) is 5.84 Å². The molecule has 2 aromatic carbocycles. The zero-order valence-corrected chi connectivity index (χ0v) is 20.9. The van der Waals surface area contributed by atoms with Crippen LogP contribution in [0.25, 0.3) is 6.08 Å². The van der Waals surface area contributed by atoms with Crippen molar-refractivity contribution < 1.29 is 19.6 Å². The van der Waals surface area contributed by atoms with Crippen LogP contribution in [0.2, 0.25) is 0 Å². The number of nitrogens with two attached hydrogens (primary N) is 1. The summed E-state index contributed by atoms with van der Waals surface area (Å²) in [6.07, 6.45) is 4.10. The maximum Gasteiger partial charge on any atom is 0.248 e.